The summed E-state index contributed by atoms with van der Waals surface area (Å²) in [6.07, 6.45) is 1.68. The van der Waals surface area contributed by atoms with Gasteiger partial charge < -0.3 is 4.98 Å². The number of rotatable bonds is 2. The van der Waals surface area contributed by atoms with Crippen molar-refractivity contribution in [1.29, 1.82) is 5.26 Å². The molecule has 1 N–H and O–H groups in total. The first-order chi connectivity index (χ1) is 9.10. The van der Waals surface area contributed by atoms with Crippen LogP contribution in [0, 0.1) is 11.3 Å². The summed E-state index contributed by atoms with van der Waals surface area (Å²) in [5.41, 5.74) is 3.25. The van der Waals surface area contributed by atoms with Gasteiger partial charge in [0.2, 0.25) is 0 Å². The number of thiazole rings is 1. The van der Waals surface area contributed by atoms with Crippen molar-refractivity contribution in [3.8, 4) is 16.6 Å². The third-order valence-corrected chi connectivity index (χ3v) is 3.98. The molecule has 2 heterocycles. The van der Waals surface area contributed by atoms with Gasteiger partial charge in [-0.05, 0) is 32.0 Å². The van der Waals surface area contributed by atoms with Crippen LogP contribution in [0.5, 0.6) is 0 Å². The van der Waals surface area contributed by atoms with E-state index in [1.54, 1.807) is 17.7 Å². The van der Waals surface area contributed by atoms with E-state index in [1.165, 1.54) is 0 Å². The third-order valence-electron chi connectivity index (χ3n) is 3.09. The third kappa shape index (κ3) is 2.00. The van der Waals surface area contributed by atoms with Crippen molar-refractivity contribution in [3.05, 3.63) is 35.6 Å². The first kappa shape index (κ1) is 11.9. The zero-order valence-electron chi connectivity index (χ0n) is 10.6. The predicted octanol–water partition coefficient (Wildman–Crippen LogP) is 3.49. The van der Waals surface area contributed by atoms with Gasteiger partial charge in [0.1, 0.15) is 5.01 Å². The maximum atomic E-state index is 9.14. The van der Waals surface area contributed by atoms with Crippen LogP contribution < -0.4 is 0 Å². The van der Waals surface area contributed by atoms with Crippen molar-refractivity contribution in [2.75, 3.05) is 0 Å². The summed E-state index contributed by atoms with van der Waals surface area (Å²) in [6.45, 7) is 3.76. The predicted molar refractivity (Wildman–Crippen MR) is 75.8 cm³/mol. The Hall–Kier alpha value is -2.19. The van der Waals surface area contributed by atoms with Gasteiger partial charge in [0.05, 0.1) is 34.5 Å². The van der Waals surface area contributed by atoms with Crippen LogP contribution in [-0.2, 0) is 5.41 Å². The maximum absolute atomic E-state index is 9.14. The fourth-order valence-corrected chi connectivity index (χ4v) is 2.80. The van der Waals surface area contributed by atoms with Crippen molar-refractivity contribution in [3.63, 3.8) is 0 Å². The molecule has 4 nitrogen and oxygen atoms in total. The van der Waals surface area contributed by atoms with Crippen LogP contribution in [0.4, 0.5) is 0 Å². The molecule has 3 aromatic rings. The summed E-state index contributed by atoms with van der Waals surface area (Å²) in [5.74, 6) is 0. The quantitative estimate of drug-likeness (QED) is 0.773. The number of nitrogens with one attached hydrogen (secondary N) is 1. The van der Waals surface area contributed by atoms with E-state index < -0.39 is 5.41 Å². The summed E-state index contributed by atoms with van der Waals surface area (Å²) < 4.78 is 0. The van der Waals surface area contributed by atoms with E-state index in [0.29, 0.717) is 0 Å². The number of hydrogen-bond donors (Lipinski definition) is 1. The minimum atomic E-state index is -0.549. The molecule has 0 atom stereocenters. The van der Waals surface area contributed by atoms with Crippen molar-refractivity contribution < 1.29 is 0 Å². The Morgan fingerprint density at radius 1 is 1.37 bits per heavy atom. The molecule has 0 amide bonds. The summed E-state index contributed by atoms with van der Waals surface area (Å²) >= 11 is 1.56. The number of aromatic amines is 1. The SMILES string of the molecule is CC(C)(C#N)c1csc(-c2ccc3nc[nH]c3c2)n1. The Bertz CT molecular complexity index is 776. The Balaban J connectivity index is 2.05. The van der Waals surface area contributed by atoms with E-state index in [2.05, 4.69) is 21.0 Å². The minimum Gasteiger partial charge on any atom is -0.345 e. The average Bonchev–Trinajstić information content (AvgIpc) is 3.06. The van der Waals surface area contributed by atoms with Gasteiger partial charge in [0, 0.05) is 10.9 Å². The molecule has 0 saturated carbocycles. The molecular formula is C14H12N4S. The van der Waals surface area contributed by atoms with Crippen LogP contribution in [0.2, 0.25) is 0 Å². The van der Waals surface area contributed by atoms with Gasteiger partial charge >= 0.3 is 0 Å². The van der Waals surface area contributed by atoms with E-state index >= 15 is 0 Å². The standard InChI is InChI=1S/C14H12N4S/c1-14(2,7-15)12-6-19-13(18-12)9-3-4-10-11(5-9)17-8-16-10/h3-6,8H,1-2H3,(H,16,17). The largest absolute Gasteiger partial charge is 0.345 e. The van der Waals surface area contributed by atoms with Gasteiger partial charge in [-0.2, -0.15) is 5.26 Å². The minimum absolute atomic E-state index is 0.549. The second-order valence-electron chi connectivity index (χ2n) is 4.91. The second kappa shape index (κ2) is 4.18. The van der Waals surface area contributed by atoms with E-state index in [-0.39, 0.29) is 0 Å². The zero-order valence-corrected chi connectivity index (χ0v) is 11.5. The molecule has 3 rings (SSSR count). The van der Waals surface area contributed by atoms with Gasteiger partial charge in [-0.3, -0.25) is 0 Å². The van der Waals surface area contributed by atoms with E-state index in [9.17, 15) is 0 Å². The van der Waals surface area contributed by atoms with Crippen molar-refractivity contribution in [2.45, 2.75) is 19.3 Å². The molecule has 2 aromatic heterocycles. The van der Waals surface area contributed by atoms with Gasteiger partial charge in [-0.15, -0.1) is 11.3 Å². The van der Waals surface area contributed by atoms with Gasteiger partial charge in [-0.25, -0.2) is 9.97 Å². The molecule has 5 heteroatoms. The fourth-order valence-electron chi connectivity index (χ4n) is 1.82. The van der Waals surface area contributed by atoms with E-state index in [0.717, 1.165) is 27.3 Å². The Labute approximate surface area is 114 Å². The average molecular weight is 268 g/mol. The molecular weight excluding hydrogens is 256 g/mol. The molecule has 0 spiro atoms. The highest BCUT2D eigenvalue weighted by molar-refractivity contribution is 7.13. The van der Waals surface area contributed by atoms with Crippen molar-refractivity contribution in [2.24, 2.45) is 0 Å². The summed E-state index contributed by atoms with van der Waals surface area (Å²) in [5, 5.41) is 12.0. The number of nitrogens with zero attached hydrogens (tertiary/aromatic N) is 3. The molecule has 0 radical (unpaired) electrons. The van der Waals surface area contributed by atoms with Crippen LogP contribution in [0.25, 0.3) is 21.6 Å². The fraction of sp³-hybridized carbons (Fsp3) is 0.214. The molecule has 0 bridgehead atoms. The monoisotopic (exact) mass is 268 g/mol. The summed E-state index contributed by atoms with van der Waals surface area (Å²) in [7, 11) is 0. The molecule has 0 aliphatic carbocycles. The van der Waals surface area contributed by atoms with Crippen LogP contribution in [0.3, 0.4) is 0 Å². The van der Waals surface area contributed by atoms with Gasteiger partial charge in [0.25, 0.3) is 0 Å². The highest BCUT2D eigenvalue weighted by atomic mass is 32.1. The number of fused-ring (bicyclic) bond motifs is 1. The molecule has 1 aromatic carbocycles. The Kier molecular flexibility index (Phi) is 2.61. The number of H-pyrrole nitrogens is 1. The number of imidazole rings is 1. The van der Waals surface area contributed by atoms with Crippen molar-refractivity contribution >= 4 is 22.4 Å². The molecule has 0 unspecified atom stereocenters. The summed E-state index contributed by atoms with van der Waals surface area (Å²) in [6, 6.07) is 8.28. The molecule has 0 fully saturated rings. The topological polar surface area (TPSA) is 65.4 Å². The van der Waals surface area contributed by atoms with Crippen LogP contribution in [-0.4, -0.2) is 15.0 Å². The van der Waals surface area contributed by atoms with Crippen molar-refractivity contribution in [1.82, 2.24) is 15.0 Å². The lowest BCUT2D eigenvalue weighted by Gasteiger charge is -2.10. The Morgan fingerprint density at radius 3 is 3.00 bits per heavy atom. The highest BCUT2D eigenvalue weighted by Crippen LogP contribution is 2.30. The number of aromatic nitrogens is 3. The van der Waals surface area contributed by atoms with Gasteiger partial charge in [-0.1, -0.05) is 0 Å². The smallest absolute Gasteiger partial charge is 0.123 e. The molecule has 0 saturated heterocycles. The van der Waals surface area contributed by atoms with E-state index in [4.69, 9.17) is 5.26 Å². The highest BCUT2D eigenvalue weighted by Gasteiger charge is 2.23. The molecule has 94 valence electrons. The van der Waals surface area contributed by atoms with E-state index in [1.807, 2.05) is 37.4 Å². The molecule has 0 aliphatic heterocycles. The lowest BCUT2D eigenvalue weighted by Crippen LogP contribution is -2.14. The van der Waals surface area contributed by atoms with Crippen LogP contribution in [0.1, 0.15) is 19.5 Å². The normalized spacial score (nSPS) is 11.6. The number of nitriles is 1. The Morgan fingerprint density at radius 2 is 2.21 bits per heavy atom. The maximum Gasteiger partial charge on any atom is 0.123 e. The molecule has 19 heavy (non-hydrogen) atoms. The van der Waals surface area contributed by atoms with Crippen LogP contribution in [0.15, 0.2) is 29.9 Å². The lowest BCUT2D eigenvalue weighted by atomic mass is 9.92. The van der Waals surface area contributed by atoms with Gasteiger partial charge in [0.15, 0.2) is 0 Å². The first-order valence-electron chi connectivity index (χ1n) is 5.91. The number of benzene rings is 1. The molecule has 0 aliphatic rings. The second-order valence-corrected chi connectivity index (χ2v) is 5.77. The first-order valence-corrected chi connectivity index (χ1v) is 6.79. The summed E-state index contributed by atoms with van der Waals surface area (Å²) in [4.78, 5) is 11.9. The lowest BCUT2D eigenvalue weighted by molar-refractivity contribution is 0.666. The van der Waals surface area contributed by atoms with Crippen LogP contribution >= 0.6 is 11.3 Å². The number of hydrogen-bond acceptors (Lipinski definition) is 4. The zero-order chi connectivity index (χ0) is 13.5.